The third-order valence-corrected chi connectivity index (χ3v) is 6.40. The number of hydrazone groups is 1. The molecule has 170 valence electrons. The Kier molecular flexibility index (Phi) is 7.30. The van der Waals surface area contributed by atoms with Gasteiger partial charge in [-0.3, -0.25) is 9.98 Å². The lowest BCUT2D eigenvalue weighted by atomic mass is 9.73. The molecule has 0 saturated heterocycles. The SMILES string of the molecule is C/C(=N\N(/C=C/C1C=CC=CC1)C(C)/N=C/c1ccc(C2(N)CCC2)cc1)c1cccnc1. The van der Waals surface area contributed by atoms with Crippen molar-refractivity contribution in [3.05, 3.63) is 102 Å². The van der Waals surface area contributed by atoms with Crippen LogP contribution >= 0.6 is 0 Å². The molecule has 5 nitrogen and oxygen atoms in total. The van der Waals surface area contributed by atoms with Gasteiger partial charge in [-0.25, -0.2) is 5.01 Å². The van der Waals surface area contributed by atoms with E-state index in [2.05, 4.69) is 66.6 Å². The molecule has 2 aromatic rings. The molecule has 2 unspecified atom stereocenters. The summed E-state index contributed by atoms with van der Waals surface area (Å²) in [6, 6.07) is 12.4. The van der Waals surface area contributed by atoms with Crippen molar-refractivity contribution in [3.8, 4) is 0 Å². The Balaban J connectivity index is 1.50. The van der Waals surface area contributed by atoms with Crippen molar-refractivity contribution >= 4 is 11.9 Å². The number of pyridine rings is 1. The number of hydrogen-bond donors (Lipinski definition) is 1. The Bertz CT molecular complexity index is 1060. The monoisotopic (exact) mass is 439 g/mol. The van der Waals surface area contributed by atoms with Crippen LogP contribution in [0, 0.1) is 5.92 Å². The molecule has 2 aliphatic carbocycles. The van der Waals surface area contributed by atoms with E-state index < -0.39 is 0 Å². The van der Waals surface area contributed by atoms with E-state index >= 15 is 0 Å². The number of allylic oxidation sites excluding steroid dienone is 5. The lowest BCUT2D eigenvalue weighted by Gasteiger charge is -2.38. The minimum absolute atomic E-state index is 0.133. The molecule has 2 aliphatic rings. The lowest BCUT2D eigenvalue weighted by molar-refractivity contribution is 0.253. The summed E-state index contributed by atoms with van der Waals surface area (Å²) in [7, 11) is 0. The van der Waals surface area contributed by atoms with Gasteiger partial charge in [0, 0.05) is 41.8 Å². The van der Waals surface area contributed by atoms with E-state index in [-0.39, 0.29) is 11.7 Å². The second-order valence-corrected chi connectivity index (χ2v) is 8.90. The van der Waals surface area contributed by atoms with Gasteiger partial charge in [0.1, 0.15) is 6.17 Å². The first-order valence-electron chi connectivity index (χ1n) is 11.7. The molecule has 0 radical (unpaired) electrons. The van der Waals surface area contributed by atoms with Crippen LogP contribution in [0.5, 0.6) is 0 Å². The van der Waals surface area contributed by atoms with Crippen LogP contribution in [0.2, 0.25) is 0 Å². The number of nitrogens with zero attached hydrogens (tertiary/aromatic N) is 4. The summed E-state index contributed by atoms with van der Waals surface area (Å²) in [4.78, 5) is 9.01. The molecule has 0 bridgehead atoms. The summed E-state index contributed by atoms with van der Waals surface area (Å²) in [5.74, 6) is 0.366. The summed E-state index contributed by atoms with van der Waals surface area (Å²) in [5.41, 5.74) is 10.5. The molecule has 5 heteroatoms. The Morgan fingerprint density at radius 1 is 1.21 bits per heavy atom. The first-order chi connectivity index (χ1) is 16.0. The van der Waals surface area contributed by atoms with Crippen molar-refractivity contribution in [1.29, 1.82) is 0 Å². The van der Waals surface area contributed by atoms with Gasteiger partial charge < -0.3 is 5.73 Å². The van der Waals surface area contributed by atoms with Gasteiger partial charge >= 0.3 is 0 Å². The summed E-state index contributed by atoms with van der Waals surface area (Å²) in [6.07, 6.45) is 22.5. The van der Waals surface area contributed by atoms with Crippen LogP contribution in [0.4, 0.5) is 0 Å². The third-order valence-electron chi connectivity index (χ3n) is 6.40. The van der Waals surface area contributed by atoms with Crippen LogP contribution < -0.4 is 5.73 Å². The van der Waals surface area contributed by atoms with E-state index in [1.807, 2.05) is 42.7 Å². The van der Waals surface area contributed by atoms with Gasteiger partial charge in [0.25, 0.3) is 0 Å². The second-order valence-electron chi connectivity index (χ2n) is 8.90. The van der Waals surface area contributed by atoms with Crippen LogP contribution in [-0.4, -0.2) is 28.1 Å². The number of aromatic nitrogens is 1. The van der Waals surface area contributed by atoms with E-state index in [4.69, 9.17) is 15.8 Å². The highest BCUT2D eigenvalue weighted by Crippen LogP contribution is 2.38. The van der Waals surface area contributed by atoms with Crippen LogP contribution in [-0.2, 0) is 5.54 Å². The number of hydrogen-bond acceptors (Lipinski definition) is 5. The van der Waals surface area contributed by atoms with Crippen molar-refractivity contribution < 1.29 is 0 Å². The van der Waals surface area contributed by atoms with E-state index in [9.17, 15) is 0 Å². The average Bonchev–Trinajstić information content (AvgIpc) is 2.85. The van der Waals surface area contributed by atoms with Gasteiger partial charge in [0.15, 0.2) is 0 Å². The molecule has 1 heterocycles. The van der Waals surface area contributed by atoms with Crippen LogP contribution in [0.1, 0.15) is 56.2 Å². The minimum atomic E-state index is -0.164. The number of benzene rings is 1. The van der Waals surface area contributed by atoms with Gasteiger partial charge in [0.2, 0.25) is 0 Å². The summed E-state index contributed by atoms with van der Waals surface area (Å²) >= 11 is 0. The van der Waals surface area contributed by atoms with E-state index in [0.717, 1.165) is 36.1 Å². The standard InChI is InChI=1S/C28H33N5/c1-22(26-10-6-18-30-21-26)32-33(19-15-24-8-4-3-5-9-24)23(2)31-20-25-11-13-27(14-12-25)28(29)16-7-17-28/h3-6,8,10-15,18-21,23-24H,7,9,16-17,29H2,1-2H3/b19-15+,31-20+,32-22+. The van der Waals surface area contributed by atoms with Crippen molar-refractivity contribution in [3.63, 3.8) is 0 Å². The van der Waals surface area contributed by atoms with Gasteiger partial charge in [-0.2, -0.15) is 5.10 Å². The zero-order valence-corrected chi connectivity index (χ0v) is 19.5. The number of rotatable bonds is 8. The van der Waals surface area contributed by atoms with Crippen LogP contribution in [0.25, 0.3) is 0 Å². The normalized spacial score (nSPS) is 20.8. The van der Waals surface area contributed by atoms with E-state index in [0.29, 0.717) is 5.92 Å². The Hall–Kier alpha value is -3.31. The molecular formula is C28H33N5. The van der Waals surface area contributed by atoms with Gasteiger partial charge in [0.05, 0.1) is 5.71 Å². The zero-order chi connectivity index (χ0) is 23.1. The van der Waals surface area contributed by atoms with Crippen molar-refractivity contribution in [1.82, 2.24) is 9.99 Å². The van der Waals surface area contributed by atoms with E-state index in [1.54, 1.807) is 6.20 Å². The smallest absolute Gasteiger partial charge is 0.138 e. The predicted molar refractivity (Wildman–Crippen MR) is 137 cm³/mol. The fourth-order valence-electron chi connectivity index (χ4n) is 4.00. The zero-order valence-electron chi connectivity index (χ0n) is 19.5. The Morgan fingerprint density at radius 3 is 2.67 bits per heavy atom. The largest absolute Gasteiger partial charge is 0.321 e. The highest BCUT2D eigenvalue weighted by Gasteiger charge is 2.33. The molecule has 33 heavy (non-hydrogen) atoms. The molecule has 2 atom stereocenters. The maximum Gasteiger partial charge on any atom is 0.138 e. The minimum Gasteiger partial charge on any atom is -0.321 e. The third kappa shape index (κ3) is 5.93. The highest BCUT2D eigenvalue weighted by atomic mass is 15.5. The first kappa shape index (κ1) is 22.9. The van der Waals surface area contributed by atoms with Gasteiger partial charge in [-0.15, -0.1) is 0 Å². The van der Waals surface area contributed by atoms with Gasteiger partial charge in [-0.05, 0) is 56.7 Å². The topological polar surface area (TPSA) is 66.9 Å². The molecule has 1 saturated carbocycles. The number of nitrogens with two attached hydrogens (primary N) is 1. The molecule has 1 fully saturated rings. The summed E-state index contributed by atoms with van der Waals surface area (Å²) in [5, 5.41) is 6.78. The fourth-order valence-corrected chi connectivity index (χ4v) is 4.00. The molecule has 1 aromatic heterocycles. The predicted octanol–water partition coefficient (Wildman–Crippen LogP) is 5.56. The molecule has 4 rings (SSSR count). The van der Waals surface area contributed by atoms with Crippen LogP contribution in [0.15, 0.2) is 95.5 Å². The summed E-state index contributed by atoms with van der Waals surface area (Å²) < 4.78 is 0. The molecule has 0 aliphatic heterocycles. The average molecular weight is 440 g/mol. The molecule has 1 aromatic carbocycles. The van der Waals surface area contributed by atoms with Crippen molar-refractivity contribution in [2.45, 2.75) is 51.2 Å². The highest BCUT2D eigenvalue weighted by molar-refractivity contribution is 5.98. The van der Waals surface area contributed by atoms with E-state index in [1.165, 1.54) is 12.0 Å². The quantitative estimate of drug-likeness (QED) is 0.433. The second kappa shape index (κ2) is 10.5. The molecule has 0 amide bonds. The molecule has 2 N–H and O–H groups in total. The Morgan fingerprint density at radius 2 is 2.03 bits per heavy atom. The maximum atomic E-state index is 6.45. The maximum absolute atomic E-state index is 6.45. The van der Waals surface area contributed by atoms with Crippen molar-refractivity contribution in [2.75, 3.05) is 0 Å². The fraction of sp³-hybridized carbons (Fsp3) is 0.321. The summed E-state index contributed by atoms with van der Waals surface area (Å²) in [6.45, 7) is 4.05. The molecular weight excluding hydrogens is 406 g/mol. The van der Waals surface area contributed by atoms with Crippen molar-refractivity contribution in [2.24, 2.45) is 21.7 Å². The van der Waals surface area contributed by atoms with Gasteiger partial charge in [-0.1, -0.05) is 60.7 Å². The van der Waals surface area contributed by atoms with Crippen LogP contribution in [0.3, 0.4) is 0 Å². The molecule has 0 spiro atoms. The lowest BCUT2D eigenvalue weighted by Crippen LogP contribution is -2.43. The number of aliphatic imine (C=N–C) groups is 1. The Labute approximate surface area is 197 Å². The first-order valence-corrected chi connectivity index (χ1v) is 11.7.